The highest BCUT2D eigenvalue weighted by molar-refractivity contribution is 7.19. The first-order chi connectivity index (χ1) is 31.3. The molecule has 1 aliphatic carbocycles. The molecule has 0 radical (unpaired) electrons. The Morgan fingerprint density at radius 2 is 0.889 bits per heavy atom. The van der Waals surface area contributed by atoms with E-state index in [1.165, 1.54) is 119 Å². The van der Waals surface area contributed by atoms with E-state index in [1.54, 1.807) is 0 Å². The van der Waals surface area contributed by atoms with E-state index in [9.17, 15) is 0 Å². The molecule has 12 rings (SSSR count). The molecule has 9 aromatic carbocycles. The first-order valence-corrected chi connectivity index (χ1v) is 24.7. The molecule has 0 bridgehead atoms. The summed E-state index contributed by atoms with van der Waals surface area (Å²) in [6.45, 7) is 0. The minimum atomic E-state index is -2.63. The number of nitrogens with zero attached hydrogens (tertiary/aromatic N) is 2. The maximum absolute atomic E-state index is 2.63. The van der Waals surface area contributed by atoms with Crippen LogP contribution in [0.2, 0.25) is 0 Å². The summed E-state index contributed by atoms with van der Waals surface area (Å²) in [6.07, 6.45) is 6.54. The van der Waals surface area contributed by atoms with Crippen LogP contribution < -0.4 is 20.7 Å². The lowest BCUT2D eigenvalue weighted by atomic mass is 9.82. The summed E-state index contributed by atoms with van der Waals surface area (Å²) in [7, 11) is -2.63. The maximum Gasteiger partial charge on any atom is 0.179 e. The maximum atomic E-state index is 2.56. The molecule has 2 heterocycles. The van der Waals surface area contributed by atoms with Gasteiger partial charge < -0.3 is 9.13 Å². The van der Waals surface area contributed by atoms with Crippen LogP contribution in [0.4, 0.5) is 0 Å². The van der Waals surface area contributed by atoms with Crippen LogP contribution in [0.3, 0.4) is 0 Å². The highest BCUT2D eigenvalue weighted by Gasteiger charge is 2.41. The third-order valence-electron chi connectivity index (χ3n) is 14.1. The summed E-state index contributed by atoms with van der Waals surface area (Å²) in [5, 5.41) is 10.8. The van der Waals surface area contributed by atoms with Crippen LogP contribution in [-0.4, -0.2) is 17.2 Å². The van der Waals surface area contributed by atoms with Gasteiger partial charge in [-0.1, -0.05) is 207 Å². The molecule has 0 aliphatic heterocycles. The lowest BCUT2D eigenvalue weighted by molar-refractivity contribution is 0.445. The van der Waals surface area contributed by atoms with Crippen LogP contribution in [0, 0.1) is 0 Å². The van der Waals surface area contributed by atoms with E-state index >= 15 is 0 Å². The van der Waals surface area contributed by atoms with E-state index in [2.05, 4.69) is 234 Å². The summed E-state index contributed by atoms with van der Waals surface area (Å²) in [6, 6.07) is 84.2. The number of aromatic nitrogens is 2. The Labute approximate surface area is 370 Å². The van der Waals surface area contributed by atoms with Crippen LogP contribution in [0.25, 0.3) is 66.1 Å². The molecular weight excluding hydrogens is 777 g/mol. The number of para-hydroxylation sites is 3. The molecule has 0 amide bonds. The number of hydrogen-bond acceptors (Lipinski definition) is 0. The average Bonchev–Trinajstić information content (AvgIpc) is 3.89. The highest BCUT2D eigenvalue weighted by Crippen LogP contribution is 2.44. The van der Waals surface area contributed by atoms with Crippen molar-refractivity contribution < 1.29 is 0 Å². The smallest absolute Gasteiger partial charge is 0.179 e. The highest BCUT2D eigenvalue weighted by atomic mass is 28.3. The Kier molecular flexibility index (Phi) is 9.30. The van der Waals surface area contributed by atoms with Gasteiger partial charge in [-0.05, 0) is 92.6 Å². The van der Waals surface area contributed by atoms with Gasteiger partial charge in [-0.15, -0.1) is 0 Å². The predicted octanol–water partition coefficient (Wildman–Crippen LogP) is 13.0. The standard InChI is InChI=1S/C60H48N2Si/c1-5-20-44(21-6-1)51-32-18-36-57-59(51)54-31-14-16-35-56(54)62(57)58-37-19-33-53-52-30-13-15-34-55(52)61(60(53)58)46-23-17-22-45(42-46)43-38-40-50(41-39-43)63(47-24-7-2-8-25-47,48-26-9-3-10-27-48)49-28-11-4-12-29-49/h2-4,7-19,22-42,44H,1,5-6,20-21H2. The molecule has 0 N–H and O–H groups in total. The molecule has 302 valence electrons. The summed E-state index contributed by atoms with van der Waals surface area (Å²) in [5.41, 5.74) is 11.3. The molecule has 1 aliphatic rings. The zero-order valence-electron chi connectivity index (χ0n) is 35.4. The lowest BCUT2D eigenvalue weighted by Crippen LogP contribution is -2.74. The van der Waals surface area contributed by atoms with Crippen molar-refractivity contribution >= 4 is 72.4 Å². The fraction of sp³-hybridized carbons (Fsp3) is 0.100. The Hall–Kier alpha value is -7.20. The van der Waals surface area contributed by atoms with Crippen molar-refractivity contribution in [1.29, 1.82) is 0 Å². The SMILES string of the molecule is c1ccc([Si](c2ccccc2)(c2ccccc2)c2ccc(-c3cccc(-n4c5ccccc5c5cccc(-n6c7ccccc7c7c(C8CCCCC8)cccc76)c54)c3)cc2)cc1. The number of benzene rings is 9. The summed E-state index contributed by atoms with van der Waals surface area (Å²) in [5.74, 6) is 0.606. The van der Waals surface area contributed by atoms with Crippen molar-refractivity contribution in [2.75, 3.05) is 0 Å². The number of hydrogen-bond donors (Lipinski definition) is 0. The number of fused-ring (bicyclic) bond motifs is 6. The van der Waals surface area contributed by atoms with Crippen LogP contribution in [0.5, 0.6) is 0 Å². The Morgan fingerprint density at radius 3 is 1.56 bits per heavy atom. The Morgan fingerprint density at radius 1 is 0.365 bits per heavy atom. The van der Waals surface area contributed by atoms with Crippen LogP contribution in [-0.2, 0) is 0 Å². The van der Waals surface area contributed by atoms with Gasteiger partial charge in [0.25, 0.3) is 0 Å². The monoisotopic (exact) mass is 824 g/mol. The first kappa shape index (κ1) is 37.5. The quantitative estimate of drug-likeness (QED) is 0.107. The molecular formula is C60H48N2Si. The van der Waals surface area contributed by atoms with Gasteiger partial charge in [0.15, 0.2) is 8.07 Å². The largest absolute Gasteiger partial charge is 0.307 e. The predicted molar refractivity (Wildman–Crippen MR) is 270 cm³/mol. The molecule has 11 aromatic rings. The molecule has 0 atom stereocenters. The van der Waals surface area contributed by atoms with Crippen molar-refractivity contribution in [3.05, 3.63) is 230 Å². The minimum Gasteiger partial charge on any atom is -0.307 e. The van der Waals surface area contributed by atoms with Crippen molar-refractivity contribution in [2.45, 2.75) is 38.0 Å². The van der Waals surface area contributed by atoms with Crippen molar-refractivity contribution in [3.8, 4) is 22.5 Å². The molecule has 1 fully saturated rings. The molecule has 63 heavy (non-hydrogen) atoms. The second kappa shape index (κ2) is 15.6. The van der Waals surface area contributed by atoms with Gasteiger partial charge in [0.05, 0.1) is 27.8 Å². The second-order valence-corrected chi connectivity index (χ2v) is 21.2. The van der Waals surface area contributed by atoms with E-state index in [-0.39, 0.29) is 0 Å². The van der Waals surface area contributed by atoms with Gasteiger partial charge >= 0.3 is 0 Å². The summed E-state index contributed by atoms with van der Waals surface area (Å²) in [4.78, 5) is 0. The first-order valence-electron chi connectivity index (χ1n) is 22.7. The van der Waals surface area contributed by atoms with Gasteiger partial charge in [0, 0.05) is 27.2 Å². The fourth-order valence-electron chi connectivity index (χ4n) is 11.3. The van der Waals surface area contributed by atoms with Gasteiger partial charge in [-0.3, -0.25) is 0 Å². The average molecular weight is 825 g/mol. The zero-order valence-corrected chi connectivity index (χ0v) is 36.4. The van der Waals surface area contributed by atoms with Gasteiger partial charge in [-0.2, -0.15) is 0 Å². The van der Waals surface area contributed by atoms with Gasteiger partial charge in [0.1, 0.15) is 0 Å². The topological polar surface area (TPSA) is 9.86 Å². The van der Waals surface area contributed by atoms with E-state index < -0.39 is 8.07 Å². The molecule has 0 spiro atoms. The van der Waals surface area contributed by atoms with Crippen molar-refractivity contribution in [1.82, 2.24) is 9.13 Å². The summed E-state index contributed by atoms with van der Waals surface area (Å²) < 4.78 is 5.07. The van der Waals surface area contributed by atoms with Gasteiger partial charge in [-0.25, -0.2) is 0 Å². The van der Waals surface area contributed by atoms with Crippen LogP contribution in [0.1, 0.15) is 43.6 Å². The van der Waals surface area contributed by atoms with E-state index in [1.807, 2.05) is 0 Å². The second-order valence-electron chi connectivity index (χ2n) is 17.4. The fourth-order valence-corrected chi connectivity index (χ4v) is 16.1. The van der Waals surface area contributed by atoms with Crippen LogP contribution in [0.15, 0.2) is 224 Å². The van der Waals surface area contributed by atoms with E-state index in [0.29, 0.717) is 5.92 Å². The Balaban J connectivity index is 1.04. The van der Waals surface area contributed by atoms with Crippen molar-refractivity contribution in [2.24, 2.45) is 0 Å². The molecule has 3 heteroatoms. The van der Waals surface area contributed by atoms with E-state index in [0.717, 1.165) is 5.69 Å². The minimum absolute atomic E-state index is 0.606. The molecule has 2 nitrogen and oxygen atoms in total. The number of rotatable bonds is 8. The third kappa shape index (κ3) is 6.06. The van der Waals surface area contributed by atoms with Crippen molar-refractivity contribution in [3.63, 3.8) is 0 Å². The van der Waals surface area contributed by atoms with Crippen LogP contribution >= 0.6 is 0 Å². The normalized spacial score (nSPS) is 13.7. The summed E-state index contributed by atoms with van der Waals surface area (Å²) >= 11 is 0. The third-order valence-corrected chi connectivity index (χ3v) is 18.9. The van der Waals surface area contributed by atoms with Gasteiger partial charge in [0.2, 0.25) is 0 Å². The molecule has 2 aromatic heterocycles. The zero-order chi connectivity index (χ0) is 41.7. The molecule has 0 saturated heterocycles. The lowest BCUT2D eigenvalue weighted by Gasteiger charge is -2.34. The van der Waals surface area contributed by atoms with E-state index in [4.69, 9.17) is 0 Å². The molecule has 0 unspecified atom stereocenters. The Bertz CT molecular complexity index is 3320. The molecule has 1 saturated carbocycles.